The molecule has 0 radical (unpaired) electrons. The molecule has 2 aromatic carbocycles. The summed E-state index contributed by atoms with van der Waals surface area (Å²) < 4.78 is 0. The quantitative estimate of drug-likeness (QED) is 0.609. The molecule has 3 aromatic rings. The number of carbonyl (C=O) groups excluding carboxylic acids is 1. The van der Waals surface area contributed by atoms with Crippen molar-refractivity contribution in [2.75, 3.05) is 47.2 Å². The van der Waals surface area contributed by atoms with Crippen LogP contribution in [0.25, 0.3) is 0 Å². The van der Waals surface area contributed by atoms with Gasteiger partial charge in [0.1, 0.15) is 5.69 Å². The van der Waals surface area contributed by atoms with Crippen molar-refractivity contribution in [3.05, 3.63) is 59.8 Å². The van der Waals surface area contributed by atoms with E-state index in [1.165, 1.54) is 11.3 Å². The lowest BCUT2D eigenvalue weighted by Crippen LogP contribution is -2.35. The predicted molar refractivity (Wildman–Crippen MR) is 136 cm³/mol. The molecular formula is C26H30N6O2. The number of aromatic nitrogens is 2. The molecule has 0 atom stereocenters. The minimum absolute atomic E-state index is 0.0837. The zero-order valence-electron chi connectivity index (χ0n) is 19.8. The smallest absolute Gasteiger partial charge is 0.260 e. The first-order valence-electron chi connectivity index (χ1n) is 11.8. The lowest BCUT2D eigenvalue weighted by molar-refractivity contribution is 0.0994. The van der Waals surface area contributed by atoms with Crippen molar-refractivity contribution in [3.63, 3.8) is 0 Å². The normalized spacial score (nSPS) is 16.2. The standard InChI is InChI=1S/C26H30N6O2/c1-4-17-15-18(32-13-11-19(33)12-14-32)9-10-21(17)28-26-27-16-23-24(29-26)30(2)22-8-6-5-7-20(22)25(34)31(23)3/h5-10,15-16,19,33H,4,11-14H2,1-3H3,(H,27,28,29). The van der Waals surface area contributed by atoms with E-state index in [1.54, 1.807) is 18.1 Å². The van der Waals surface area contributed by atoms with E-state index in [9.17, 15) is 9.90 Å². The number of hydrogen-bond donors (Lipinski definition) is 2. The zero-order chi connectivity index (χ0) is 23.8. The van der Waals surface area contributed by atoms with E-state index in [-0.39, 0.29) is 12.0 Å². The Hall–Kier alpha value is -3.65. The summed E-state index contributed by atoms with van der Waals surface area (Å²) in [6, 6.07) is 13.9. The van der Waals surface area contributed by atoms with E-state index in [4.69, 9.17) is 4.98 Å². The average Bonchev–Trinajstić information content (AvgIpc) is 2.94. The number of aryl methyl sites for hydroxylation is 1. The second-order valence-electron chi connectivity index (χ2n) is 8.88. The highest BCUT2D eigenvalue weighted by Crippen LogP contribution is 2.38. The maximum Gasteiger partial charge on any atom is 0.260 e. The molecule has 2 aliphatic heterocycles. The predicted octanol–water partition coefficient (Wildman–Crippen LogP) is 4.10. The molecule has 0 bridgehead atoms. The van der Waals surface area contributed by atoms with Crippen molar-refractivity contribution in [1.29, 1.82) is 0 Å². The van der Waals surface area contributed by atoms with Crippen molar-refractivity contribution >= 4 is 40.4 Å². The molecule has 8 nitrogen and oxygen atoms in total. The number of para-hydroxylation sites is 1. The van der Waals surface area contributed by atoms with Gasteiger partial charge in [-0.3, -0.25) is 4.79 Å². The molecule has 1 amide bonds. The number of hydrogen-bond acceptors (Lipinski definition) is 7. The third-order valence-corrected chi connectivity index (χ3v) is 6.78. The number of carbonyl (C=O) groups is 1. The van der Waals surface area contributed by atoms with Gasteiger partial charge in [-0.25, -0.2) is 4.98 Å². The number of piperidine rings is 1. The highest BCUT2D eigenvalue weighted by molar-refractivity contribution is 6.13. The van der Waals surface area contributed by atoms with Crippen LogP contribution < -0.4 is 20.0 Å². The molecule has 0 spiro atoms. The van der Waals surface area contributed by atoms with E-state index in [1.807, 2.05) is 36.2 Å². The fourth-order valence-electron chi connectivity index (χ4n) is 4.70. The van der Waals surface area contributed by atoms with Crippen LogP contribution in [-0.2, 0) is 6.42 Å². The molecule has 8 heteroatoms. The lowest BCUT2D eigenvalue weighted by atomic mass is 10.0. The summed E-state index contributed by atoms with van der Waals surface area (Å²) in [7, 11) is 3.67. The van der Waals surface area contributed by atoms with Gasteiger partial charge in [-0.15, -0.1) is 0 Å². The van der Waals surface area contributed by atoms with E-state index in [0.29, 0.717) is 23.0 Å². The third-order valence-electron chi connectivity index (χ3n) is 6.78. The maximum absolute atomic E-state index is 13.0. The van der Waals surface area contributed by atoms with Crippen LogP contribution in [-0.4, -0.2) is 54.3 Å². The molecule has 0 aliphatic carbocycles. The van der Waals surface area contributed by atoms with Crippen molar-refractivity contribution in [2.45, 2.75) is 32.3 Å². The molecular weight excluding hydrogens is 428 g/mol. The Morgan fingerprint density at radius 3 is 2.59 bits per heavy atom. The second-order valence-corrected chi connectivity index (χ2v) is 8.88. The number of anilines is 6. The van der Waals surface area contributed by atoms with Gasteiger partial charge < -0.3 is 25.1 Å². The van der Waals surface area contributed by atoms with Gasteiger partial charge in [-0.05, 0) is 55.2 Å². The zero-order valence-corrected chi connectivity index (χ0v) is 19.8. The van der Waals surface area contributed by atoms with Crippen LogP contribution in [0.4, 0.5) is 34.5 Å². The molecule has 0 saturated carbocycles. The van der Waals surface area contributed by atoms with E-state index >= 15 is 0 Å². The van der Waals surface area contributed by atoms with Gasteiger partial charge in [0.05, 0.1) is 23.6 Å². The van der Waals surface area contributed by atoms with Crippen LogP contribution in [0, 0.1) is 0 Å². The van der Waals surface area contributed by atoms with Gasteiger partial charge in [0.2, 0.25) is 5.95 Å². The fraction of sp³-hybridized carbons (Fsp3) is 0.346. The van der Waals surface area contributed by atoms with Crippen LogP contribution in [0.5, 0.6) is 0 Å². The van der Waals surface area contributed by atoms with Crippen LogP contribution in [0.1, 0.15) is 35.7 Å². The average molecular weight is 459 g/mol. The summed E-state index contributed by atoms with van der Waals surface area (Å²) in [4.78, 5) is 28.2. The van der Waals surface area contributed by atoms with Gasteiger partial charge in [0, 0.05) is 38.6 Å². The summed E-state index contributed by atoms with van der Waals surface area (Å²) in [5.41, 5.74) is 5.42. The van der Waals surface area contributed by atoms with Crippen LogP contribution >= 0.6 is 0 Å². The second kappa shape index (κ2) is 8.95. The minimum atomic E-state index is -0.187. The molecule has 0 unspecified atom stereocenters. The molecule has 2 aliphatic rings. The number of amides is 1. The molecule has 1 aromatic heterocycles. The Balaban J connectivity index is 1.45. The van der Waals surface area contributed by atoms with Gasteiger partial charge in [0.15, 0.2) is 5.82 Å². The number of nitrogens with one attached hydrogen (secondary N) is 1. The summed E-state index contributed by atoms with van der Waals surface area (Å²) in [6.45, 7) is 3.86. The summed E-state index contributed by atoms with van der Waals surface area (Å²) in [5, 5.41) is 13.2. The first-order chi connectivity index (χ1) is 16.5. The Kier molecular flexibility index (Phi) is 5.83. The largest absolute Gasteiger partial charge is 0.393 e. The van der Waals surface area contributed by atoms with E-state index < -0.39 is 0 Å². The molecule has 5 rings (SSSR count). The summed E-state index contributed by atoms with van der Waals surface area (Å²) in [6.07, 6.45) is 3.98. The van der Waals surface area contributed by atoms with E-state index in [2.05, 4.69) is 40.3 Å². The Bertz CT molecular complexity index is 1220. The van der Waals surface area contributed by atoms with Gasteiger partial charge >= 0.3 is 0 Å². The number of aliphatic hydroxyl groups is 1. The van der Waals surface area contributed by atoms with Crippen molar-refractivity contribution in [1.82, 2.24) is 9.97 Å². The number of fused-ring (bicyclic) bond motifs is 2. The van der Waals surface area contributed by atoms with Crippen molar-refractivity contribution in [2.24, 2.45) is 0 Å². The third kappa shape index (κ3) is 3.94. The molecule has 176 valence electrons. The first kappa shape index (κ1) is 22.2. The topological polar surface area (TPSA) is 84.8 Å². The monoisotopic (exact) mass is 458 g/mol. The highest BCUT2D eigenvalue weighted by atomic mass is 16.3. The summed E-state index contributed by atoms with van der Waals surface area (Å²) in [5.74, 6) is 1.06. The highest BCUT2D eigenvalue weighted by Gasteiger charge is 2.28. The number of benzene rings is 2. The Morgan fingerprint density at radius 1 is 1.06 bits per heavy atom. The molecule has 1 fully saturated rings. The van der Waals surface area contributed by atoms with Gasteiger partial charge in [-0.1, -0.05) is 19.1 Å². The van der Waals surface area contributed by atoms with Crippen molar-refractivity contribution in [3.8, 4) is 0 Å². The Labute approximate surface area is 199 Å². The number of nitrogens with zero attached hydrogens (tertiary/aromatic N) is 5. The molecule has 2 N–H and O–H groups in total. The molecule has 3 heterocycles. The first-order valence-corrected chi connectivity index (χ1v) is 11.8. The number of rotatable bonds is 4. The SMILES string of the molecule is CCc1cc(N2CCC(O)CC2)ccc1Nc1ncc2c(n1)N(C)c1ccccc1C(=O)N2C. The van der Waals surface area contributed by atoms with Crippen LogP contribution in [0.2, 0.25) is 0 Å². The number of aliphatic hydroxyl groups excluding tert-OH is 1. The van der Waals surface area contributed by atoms with Gasteiger partial charge in [0.25, 0.3) is 5.91 Å². The maximum atomic E-state index is 13.0. The Morgan fingerprint density at radius 2 is 1.82 bits per heavy atom. The van der Waals surface area contributed by atoms with Crippen molar-refractivity contribution < 1.29 is 9.90 Å². The lowest BCUT2D eigenvalue weighted by Gasteiger charge is -2.32. The van der Waals surface area contributed by atoms with E-state index in [0.717, 1.165) is 43.7 Å². The van der Waals surface area contributed by atoms with Crippen LogP contribution in [0.15, 0.2) is 48.7 Å². The molecule has 1 saturated heterocycles. The molecule has 34 heavy (non-hydrogen) atoms. The van der Waals surface area contributed by atoms with Gasteiger partial charge in [-0.2, -0.15) is 4.98 Å². The van der Waals surface area contributed by atoms with Crippen LogP contribution in [0.3, 0.4) is 0 Å². The fourth-order valence-corrected chi connectivity index (χ4v) is 4.70. The minimum Gasteiger partial charge on any atom is -0.393 e. The summed E-state index contributed by atoms with van der Waals surface area (Å²) >= 11 is 0.